The first-order valence-electron chi connectivity index (χ1n) is 7.85. The Morgan fingerprint density at radius 1 is 1.33 bits per heavy atom. The number of aromatic carboxylic acids is 1. The number of anilines is 2. The molecule has 0 spiro atoms. The standard InChI is InChI=1S/C17H14N8O2/c1-9(5-18)23-13-4-14(21-8-12(13)17(26)27)25-16-11(7-22-25)3-10(6-19)15(20-2)24-16/h3-4,7-9H,1-2H3,(H,20,24)(H,21,23)(H,26,27)/t9-/m1/s1. The van der Waals surface area contributed by atoms with Crippen LogP contribution in [0.3, 0.4) is 0 Å². The van der Waals surface area contributed by atoms with Crippen LogP contribution in [-0.4, -0.2) is 43.9 Å². The summed E-state index contributed by atoms with van der Waals surface area (Å²) in [6.45, 7) is 1.61. The molecule has 0 aliphatic heterocycles. The van der Waals surface area contributed by atoms with Crippen molar-refractivity contribution >= 4 is 28.5 Å². The molecule has 0 aliphatic rings. The number of nitriles is 2. The topological polar surface area (TPSA) is 153 Å². The summed E-state index contributed by atoms with van der Waals surface area (Å²) >= 11 is 0. The predicted molar refractivity (Wildman–Crippen MR) is 96.6 cm³/mol. The van der Waals surface area contributed by atoms with E-state index in [1.807, 2.05) is 6.07 Å². The van der Waals surface area contributed by atoms with Crippen LogP contribution in [0.25, 0.3) is 16.9 Å². The Morgan fingerprint density at radius 3 is 2.74 bits per heavy atom. The molecule has 0 bridgehead atoms. The molecule has 0 saturated carbocycles. The molecule has 10 heteroatoms. The molecule has 3 N–H and O–H groups in total. The van der Waals surface area contributed by atoms with Crippen molar-refractivity contribution < 1.29 is 9.90 Å². The van der Waals surface area contributed by atoms with Gasteiger partial charge in [-0.1, -0.05) is 0 Å². The maximum absolute atomic E-state index is 11.4. The van der Waals surface area contributed by atoms with E-state index >= 15 is 0 Å². The number of aromatic nitrogens is 4. The summed E-state index contributed by atoms with van der Waals surface area (Å²) in [5, 5.41) is 38.1. The Bertz CT molecular complexity index is 1120. The summed E-state index contributed by atoms with van der Waals surface area (Å²) in [7, 11) is 1.65. The number of carboxylic acid groups (broad SMARTS) is 1. The lowest BCUT2D eigenvalue weighted by atomic mass is 10.2. The number of fused-ring (bicyclic) bond motifs is 1. The highest BCUT2D eigenvalue weighted by atomic mass is 16.4. The van der Waals surface area contributed by atoms with Gasteiger partial charge in [-0.05, 0) is 13.0 Å². The molecule has 0 fully saturated rings. The molecule has 1 atom stereocenters. The van der Waals surface area contributed by atoms with E-state index in [-0.39, 0.29) is 11.3 Å². The van der Waals surface area contributed by atoms with E-state index in [0.29, 0.717) is 28.2 Å². The molecule has 0 radical (unpaired) electrons. The van der Waals surface area contributed by atoms with Crippen LogP contribution in [-0.2, 0) is 0 Å². The fourth-order valence-corrected chi connectivity index (χ4v) is 2.52. The Labute approximate surface area is 153 Å². The highest BCUT2D eigenvalue weighted by Gasteiger charge is 2.17. The van der Waals surface area contributed by atoms with Crippen molar-refractivity contribution in [2.75, 3.05) is 17.7 Å². The van der Waals surface area contributed by atoms with Gasteiger partial charge in [-0.3, -0.25) is 0 Å². The number of nitrogens with one attached hydrogen (secondary N) is 2. The van der Waals surface area contributed by atoms with E-state index in [1.165, 1.54) is 16.9 Å². The number of hydrogen-bond donors (Lipinski definition) is 3. The average Bonchev–Trinajstić information content (AvgIpc) is 3.09. The lowest BCUT2D eigenvalue weighted by Crippen LogP contribution is -2.16. The molecule has 0 aliphatic carbocycles. The number of nitrogens with zero attached hydrogens (tertiary/aromatic N) is 6. The molecule has 134 valence electrons. The average molecular weight is 362 g/mol. The molecule has 0 unspecified atom stereocenters. The third kappa shape index (κ3) is 3.19. The minimum atomic E-state index is -1.17. The minimum absolute atomic E-state index is 0.0621. The largest absolute Gasteiger partial charge is 0.478 e. The van der Waals surface area contributed by atoms with E-state index in [4.69, 9.17) is 5.26 Å². The molecule has 0 amide bonds. The smallest absolute Gasteiger partial charge is 0.339 e. The monoisotopic (exact) mass is 362 g/mol. The van der Waals surface area contributed by atoms with E-state index in [1.54, 1.807) is 26.2 Å². The van der Waals surface area contributed by atoms with E-state index in [0.717, 1.165) is 0 Å². The first kappa shape index (κ1) is 17.6. The van der Waals surface area contributed by atoms with Gasteiger partial charge in [-0.25, -0.2) is 14.8 Å². The molecule has 3 rings (SSSR count). The number of carbonyl (C=O) groups is 1. The summed E-state index contributed by atoms with van der Waals surface area (Å²) in [4.78, 5) is 20.0. The molecule has 0 aromatic carbocycles. The fourth-order valence-electron chi connectivity index (χ4n) is 2.52. The van der Waals surface area contributed by atoms with Crippen molar-refractivity contribution in [3.63, 3.8) is 0 Å². The maximum atomic E-state index is 11.4. The van der Waals surface area contributed by atoms with Crippen molar-refractivity contribution in [3.05, 3.63) is 35.7 Å². The second-order valence-electron chi connectivity index (χ2n) is 5.60. The molecular weight excluding hydrogens is 348 g/mol. The molecule has 0 saturated heterocycles. The van der Waals surface area contributed by atoms with Crippen LogP contribution in [0.15, 0.2) is 24.5 Å². The van der Waals surface area contributed by atoms with Crippen molar-refractivity contribution in [3.8, 4) is 18.0 Å². The van der Waals surface area contributed by atoms with Gasteiger partial charge >= 0.3 is 5.97 Å². The Kier molecular flexibility index (Phi) is 4.56. The number of pyridine rings is 2. The predicted octanol–water partition coefficient (Wildman–Crippen LogP) is 1.75. The zero-order valence-corrected chi connectivity index (χ0v) is 14.4. The molecule has 3 aromatic rings. The molecular formula is C17H14N8O2. The van der Waals surface area contributed by atoms with Gasteiger partial charge in [0.15, 0.2) is 11.5 Å². The van der Waals surface area contributed by atoms with Crippen LogP contribution >= 0.6 is 0 Å². The zero-order valence-electron chi connectivity index (χ0n) is 14.4. The highest BCUT2D eigenvalue weighted by Crippen LogP contribution is 2.24. The van der Waals surface area contributed by atoms with Gasteiger partial charge in [-0.2, -0.15) is 20.3 Å². The lowest BCUT2D eigenvalue weighted by molar-refractivity contribution is 0.0697. The van der Waals surface area contributed by atoms with Gasteiger partial charge in [0.25, 0.3) is 0 Å². The fraction of sp³-hybridized carbons (Fsp3) is 0.176. The van der Waals surface area contributed by atoms with Gasteiger partial charge in [0.2, 0.25) is 0 Å². The second kappa shape index (κ2) is 6.98. The van der Waals surface area contributed by atoms with E-state index < -0.39 is 12.0 Å². The van der Waals surface area contributed by atoms with Crippen molar-refractivity contribution in [2.24, 2.45) is 0 Å². The quantitative estimate of drug-likeness (QED) is 0.616. The van der Waals surface area contributed by atoms with Crippen LogP contribution < -0.4 is 10.6 Å². The number of carboxylic acids is 1. The minimum Gasteiger partial charge on any atom is -0.478 e. The zero-order chi connectivity index (χ0) is 19.6. The molecule has 3 aromatic heterocycles. The van der Waals surface area contributed by atoms with Crippen molar-refractivity contribution in [2.45, 2.75) is 13.0 Å². The summed E-state index contributed by atoms with van der Waals surface area (Å²) in [5.41, 5.74) is 1.01. The Hall–Kier alpha value is -4.18. The van der Waals surface area contributed by atoms with E-state index in [9.17, 15) is 15.2 Å². The highest BCUT2D eigenvalue weighted by molar-refractivity contribution is 5.94. The van der Waals surface area contributed by atoms with Gasteiger partial charge in [0, 0.05) is 24.7 Å². The molecule has 27 heavy (non-hydrogen) atoms. The van der Waals surface area contributed by atoms with Gasteiger partial charge in [0.1, 0.15) is 23.5 Å². The van der Waals surface area contributed by atoms with Crippen LogP contribution in [0.4, 0.5) is 11.5 Å². The summed E-state index contributed by atoms with van der Waals surface area (Å²) in [5.74, 6) is -0.450. The van der Waals surface area contributed by atoms with Crippen molar-refractivity contribution in [1.29, 1.82) is 10.5 Å². The van der Waals surface area contributed by atoms with Gasteiger partial charge < -0.3 is 15.7 Å². The lowest BCUT2D eigenvalue weighted by Gasteiger charge is -2.12. The first-order chi connectivity index (χ1) is 13.0. The Balaban J connectivity index is 2.16. The maximum Gasteiger partial charge on any atom is 0.339 e. The second-order valence-corrected chi connectivity index (χ2v) is 5.60. The first-order valence-corrected chi connectivity index (χ1v) is 7.85. The molecule has 3 heterocycles. The third-order valence-electron chi connectivity index (χ3n) is 3.80. The summed E-state index contributed by atoms with van der Waals surface area (Å²) in [6.07, 6.45) is 2.74. The van der Waals surface area contributed by atoms with Gasteiger partial charge in [0.05, 0.1) is 23.5 Å². The number of rotatable bonds is 5. The van der Waals surface area contributed by atoms with Crippen LogP contribution in [0, 0.1) is 22.7 Å². The Morgan fingerprint density at radius 2 is 2.11 bits per heavy atom. The van der Waals surface area contributed by atoms with Crippen LogP contribution in [0.2, 0.25) is 0 Å². The van der Waals surface area contributed by atoms with Crippen LogP contribution in [0.5, 0.6) is 0 Å². The summed E-state index contributed by atoms with van der Waals surface area (Å²) in [6, 6.07) is 6.60. The van der Waals surface area contributed by atoms with Crippen LogP contribution in [0.1, 0.15) is 22.8 Å². The normalized spacial score (nSPS) is 11.4. The summed E-state index contributed by atoms with van der Waals surface area (Å²) < 4.78 is 1.44. The number of hydrogen-bond acceptors (Lipinski definition) is 8. The third-order valence-corrected chi connectivity index (χ3v) is 3.80. The van der Waals surface area contributed by atoms with Gasteiger partial charge in [-0.15, -0.1) is 0 Å². The SMILES string of the molecule is CNc1nc2c(cnn2-c2cc(N[C@H](C)C#N)c(C(=O)O)cn2)cc1C#N. The van der Waals surface area contributed by atoms with Crippen molar-refractivity contribution in [1.82, 2.24) is 19.7 Å². The van der Waals surface area contributed by atoms with E-state index in [2.05, 4.69) is 31.8 Å². The molecule has 10 nitrogen and oxygen atoms in total.